The molecule has 1 atom stereocenters. The van der Waals surface area contributed by atoms with Gasteiger partial charge in [0.05, 0.1) is 12.6 Å². The fourth-order valence-corrected chi connectivity index (χ4v) is 3.51. The van der Waals surface area contributed by atoms with E-state index in [1.54, 1.807) is 31.4 Å². The van der Waals surface area contributed by atoms with Crippen LogP contribution < -0.4 is 10.2 Å². The Morgan fingerprint density at radius 1 is 1.30 bits per heavy atom. The first-order chi connectivity index (χ1) is 11.1. The van der Waals surface area contributed by atoms with Crippen LogP contribution >= 0.6 is 0 Å². The van der Waals surface area contributed by atoms with Gasteiger partial charge in [-0.2, -0.15) is 0 Å². The lowest BCUT2D eigenvalue weighted by Gasteiger charge is -2.49. The Balaban J connectivity index is 1.67. The minimum absolute atomic E-state index is 0.0475. The van der Waals surface area contributed by atoms with Gasteiger partial charge in [0.25, 0.3) is 0 Å². The standard InChI is InChI=1S/C16H25N5O2/c1-20(2)15(22)19-13-12-23-11-6-16(13)4-9-21(10-5-16)14-17-7-3-8-18-14/h3,7-8,13H,4-6,9-12H2,1-2H3,(H,19,22). The molecule has 7 nitrogen and oxygen atoms in total. The molecule has 2 aliphatic heterocycles. The molecule has 1 N–H and O–H groups in total. The molecule has 1 spiro atoms. The van der Waals surface area contributed by atoms with Gasteiger partial charge < -0.3 is 19.9 Å². The Bertz CT molecular complexity index is 529. The molecule has 2 aliphatic rings. The highest BCUT2D eigenvalue weighted by atomic mass is 16.5. The number of rotatable bonds is 2. The SMILES string of the molecule is CN(C)C(=O)NC1COCCC12CCN(c1ncccn1)CC2. The second-order valence-corrected chi connectivity index (χ2v) is 6.62. The van der Waals surface area contributed by atoms with Crippen LogP contribution in [0.4, 0.5) is 10.7 Å². The van der Waals surface area contributed by atoms with E-state index in [-0.39, 0.29) is 17.5 Å². The average molecular weight is 319 g/mol. The van der Waals surface area contributed by atoms with Crippen LogP contribution in [0.3, 0.4) is 0 Å². The minimum atomic E-state index is -0.0475. The van der Waals surface area contributed by atoms with Gasteiger partial charge >= 0.3 is 6.03 Å². The number of anilines is 1. The summed E-state index contributed by atoms with van der Waals surface area (Å²) in [5, 5.41) is 3.15. The van der Waals surface area contributed by atoms with Gasteiger partial charge in [0.2, 0.25) is 5.95 Å². The maximum absolute atomic E-state index is 12.1. The summed E-state index contributed by atoms with van der Waals surface area (Å²) in [5.41, 5.74) is 0.120. The molecule has 2 amide bonds. The summed E-state index contributed by atoms with van der Waals surface area (Å²) in [7, 11) is 3.53. The van der Waals surface area contributed by atoms with E-state index in [1.165, 1.54) is 0 Å². The average Bonchev–Trinajstić information content (AvgIpc) is 2.58. The first-order valence-corrected chi connectivity index (χ1v) is 8.18. The van der Waals surface area contributed by atoms with Crippen LogP contribution in [0.5, 0.6) is 0 Å². The highest BCUT2D eigenvalue weighted by Gasteiger charge is 2.44. The molecule has 3 heterocycles. The summed E-state index contributed by atoms with van der Waals surface area (Å²) in [6.45, 7) is 3.20. The van der Waals surface area contributed by atoms with Gasteiger partial charge in [-0.05, 0) is 30.7 Å². The lowest BCUT2D eigenvalue weighted by molar-refractivity contribution is -0.0280. The Hall–Kier alpha value is -1.89. The van der Waals surface area contributed by atoms with E-state index in [0.717, 1.165) is 44.9 Å². The number of ether oxygens (including phenoxy) is 1. The van der Waals surface area contributed by atoms with Crippen molar-refractivity contribution in [1.29, 1.82) is 0 Å². The van der Waals surface area contributed by atoms with E-state index < -0.39 is 0 Å². The molecule has 0 saturated carbocycles. The first kappa shape index (κ1) is 16.0. The summed E-state index contributed by atoms with van der Waals surface area (Å²) >= 11 is 0. The quantitative estimate of drug-likeness (QED) is 0.885. The molecule has 2 fully saturated rings. The summed E-state index contributed by atoms with van der Waals surface area (Å²) in [4.78, 5) is 24.5. The number of carbonyl (C=O) groups is 1. The van der Waals surface area contributed by atoms with E-state index in [2.05, 4.69) is 20.2 Å². The number of amides is 2. The zero-order valence-electron chi connectivity index (χ0n) is 13.9. The lowest BCUT2D eigenvalue weighted by atomic mass is 9.69. The molecule has 0 aliphatic carbocycles. The van der Waals surface area contributed by atoms with Crippen molar-refractivity contribution < 1.29 is 9.53 Å². The summed E-state index contributed by atoms with van der Waals surface area (Å²) in [5.74, 6) is 0.795. The molecule has 0 radical (unpaired) electrons. The van der Waals surface area contributed by atoms with Crippen molar-refractivity contribution in [2.45, 2.75) is 25.3 Å². The summed E-state index contributed by atoms with van der Waals surface area (Å²) in [6, 6.07) is 1.86. The van der Waals surface area contributed by atoms with Crippen LogP contribution in [-0.2, 0) is 4.74 Å². The van der Waals surface area contributed by atoms with Crippen molar-refractivity contribution in [3.8, 4) is 0 Å². The molecule has 1 unspecified atom stereocenters. The van der Waals surface area contributed by atoms with Gasteiger partial charge in [0, 0.05) is 46.2 Å². The third kappa shape index (κ3) is 3.39. The monoisotopic (exact) mass is 319 g/mol. The Morgan fingerprint density at radius 2 is 2.00 bits per heavy atom. The zero-order chi connectivity index (χ0) is 16.3. The van der Waals surface area contributed by atoms with E-state index in [9.17, 15) is 4.79 Å². The number of nitrogens with zero attached hydrogens (tertiary/aromatic N) is 4. The summed E-state index contributed by atoms with van der Waals surface area (Å²) < 4.78 is 5.63. The van der Waals surface area contributed by atoms with Crippen molar-refractivity contribution in [1.82, 2.24) is 20.2 Å². The van der Waals surface area contributed by atoms with Crippen molar-refractivity contribution in [3.63, 3.8) is 0 Å². The van der Waals surface area contributed by atoms with Crippen LogP contribution in [-0.4, -0.2) is 67.3 Å². The van der Waals surface area contributed by atoms with Crippen LogP contribution in [0.15, 0.2) is 18.5 Å². The number of piperidine rings is 1. The number of nitrogens with one attached hydrogen (secondary N) is 1. The molecule has 1 aromatic rings. The van der Waals surface area contributed by atoms with Crippen molar-refractivity contribution >= 4 is 12.0 Å². The number of hydrogen-bond donors (Lipinski definition) is 1. The van der Waals surface area contributed by atoms with Crippen LogP contribution in [0.25, 0.3) is 0 Å². The Morgan fingerprint density at radius 3 is 2.65 bits per heavy atom. The maximum atomic E-state index is 12.1. The maximum Gasteiger partial charge on any atom is 0.317 e. The number of aromatic nitrogens is 2. The van der Waals surface area contributed by atoms with Crippen LogP contribution in [0.1, 0.15) is 19.3 Å². The molecule has 0 aromatic carbocycles. The third-order valence-corrected chi connectivity index (χ3v) is 5.07. The fourth-order valence-electron chi connectivity index (χ4n) is 3.51. The highest BCUT2D eigenvalue weighted by Crippen LogP contribution is 2.41. The Labute approximate surface area is 137 Å². The first-order valence-electron chi connectivity index (χ1n) is 8.18. The van der Waals surface area contributed by atoms with E-state index in [0.29, 0.717) is 6.61 Å². The van der Waals surface area contributed by atoms with Gasteiger partial charge in [-0.1, -0.05) is 0 Å². The molecule has 7 heteroatoms. The van der Waals surface area contributed by atoms with E-state index >= 15 is 0 Å². The molecule has 1 aromatic heterocycles. The smallest absolute Gasteiger partial charge is 0.317 e. The molecular weight excluding hydrogens is 294 g/mol. The number of urea groups is 1. The van der Waals surface area contributed by atoms with Crippen molar-refractivity contribution in [2.24, 2.45) is 5.41 Å². The predicted molar refractivity (Wildman–Crippen MR) is 87.4 cm³/mol. The van der Waals surface area contributed by atoms with Gasteiger partial charge in [-0.25, -0.2) is 14.8 Å². The molecule has 23 heavy (non-hydrogen) atoms. The molecule has 2 saturated heterocycles. The minimum Gasteiger partial charge on any atom is -0.379 e. The largest absolute Gasteiger partial charge is 0.379 e. The molecular formula is C16H25N5O2. The van der Waals surface area contributed by atoms with Gasteiger partial charge in [-0.15, -0.1) is 0 Å². The molecule has 0 bridgehead atoms. The zero-order valence-corrected chi connectivity index (χ0v) is 13.9. The topological polar surface area (TPSA) is 70.6 Å². The lowest BCUT2D eigenvalue weighted by Crippen LogP contribution is -2.59. The van der Waals surface area contributed by atoms with E-state index in [1.807, 2.05) is 6.07 Å². The Kier molecular flexibility index (Phi) is 4.66. The second-order valence-electron chi connectivity index (χ2n) is 6.62. The highest BCUT2D eigenvalue weighted by molar-refractivity contribution is 5.74. The third-order valence-electron chi connectivity index (χ3n) is 5.07. The number of hydrogen-bond acceptors (Lipinski definition) is 5. The van der Waals surface area contributed by atoms with Crippen LogP contribution in [0, 0.1) is 5.41 Å². The van der Waals surface area contributed by atoms with Gasteiger partial charge in [0.1, 0.15) is 0 Å². The van der Waals surface area contributed by atoms with Crippen molar-refractivity contribution in [2.75, 3.05) is 45.3 Å². The van der Waals surface area contributed by atoms with E-state index in [4.69, 9.17) is 4.74 Å². The van der Waals surface area contributed by atoms with Gasteiger partial charge in [0.15, 0.2) is 0 Å². The molecule has 3 rings (SSSR count). The molecule has 126 valence electrons. The van der Waals surface area contributed by atoms with Crippen LogP contribution in [0.2, 0.25) is 0 Å². The number of carbonyl (C=O) groups excluding carboxylic acids is 1. The van der Waals surface area contributed by atoms with Gasteiger partial charge in [-0.3, -0.25) is 0 Å². The predicted octanol–water partition coefficient (Wildman–Crippen LogP) is 1.12. The van der Waals surface area contributed by atoms with Crippen molar-refractivity contribution in [3.05, 3.63) is 18.5 Å². The second kappa shape index (κ2) is 6.70. The fraction of sp³-hybridized carbons (Fsp3) is 0.688. The summed E-state index contributed by atoms with van der Waals surface area (Å²) in [6.07, 6.45) is 6.59. The normalized spacial score (nSPS) is 23.6.